The summed E-state index contributed by atoms with van der Waals surface area (Å²) in [6.07, 6.45) is 0. The van der Waals surface area contributed by atoms with Crippen molar-refractivity contribution in [2.24, 2.45) is 0 Å². The number of hydrogen-bond donors (Lipinski definition) is 1. The lowest BCUT2D eigenvalue weighted by Crippen LogP contribution is -2.30. The van der Waals surface area contributed by atoms with Gasteiger partial charge in [0.15, 0.2) is 0 Å². The SMILES string of the molecule is CC(C)S(=O)(=O)NCc1ccccc1Br. The van der Waals surface area contributed by atoms with Gasteiger partial charge in [-0.05, 0) is 25.5 Å². The Hall–Kier alpha value is -0.390. The van der Waals surface area contributed by atoms with E-state index in [2.05, 4.69) is 20.7 Å². The molecular weight excluding hydrogens is 278 g/mol. The van der Waals surface area contributed by atoms with Crippen LogP contribution in [0.5, 0.6) is 0 Å². The van der Waals surface area contributed by atoms with Crippen LogP contribution in [0.3, 0.4) is 0 Å². The fourth-order valence-electron chi connectivity index (χ4n) is 0.987. The van der Waals surface area contributed by atoms with Gasteiger partial charge in [-0.1, -0.05) is 34.1 Å². The highest BCUT2D eigenvalue weighted by Crippen LogP contribution is 2.15. The molecule has 0 saturated carbocycles. The summed E-state index contributed by atoms with van der Waals surface area (Å²) in [6, 6.07) is 7.54. The Morgan fingerprint density at radius 1 is 1.33 bits per heavy atom. The van der Waals surface area contributed by atoms with Crippen molar-refractivity contribution in [2.75, 3.05) is 0 Å². The lowest BCUT2D eigenvalue weighted by atomic mass is 10.2. The van der Waals surface area contributed by atoms with Crippen LogP contribution in [0.4, 0.5) is 0 Å². The minimum absolute atomic E-state index is 0.321. The molecule has 0 spiro atoms. The third kappa shape index (κ3) is 3.59. The van der Waals surface area contributed by atoms with Crippen LogP contribution in [0.1, 0.15) is 19.4 Å². The zero-order valence-electron chi connectivity index (χ0n) is 8.70. The second-order valence-electron chi connectivity index (χ2n) is 3.51. The second kappa shape index (κ2) is 5.09. The number of hydrogen-bond acceptors (Lipinski definition) is 2. The highest BCUT2D eigenvalue weighted by atomic mass is 79.9. The third-order valence-electron chi connectivity index (χ3n) is 2.04. The van der Waals surface area contributed by atoms with E-state index in [0.29, 0.717) is 6.54 Å². The van der Waals surface area contributed by atoms with Gasteiger partial charge in [-0.15, -0.1) is 0 Å². The van der Waals surface area contributed by atoms with Crippen LogP contribution in [-0.4, -0.2) is 13.7 Å². The molecule has 1 aromatic rings. The van der Waals surface area contributed by atoms with Crippen molar-refractivity contribution < 1.29 is 8.42 Å². The van der Waals surface area contributed by atoms with Crippen molar-refractivity contribution in [3.05, 3.63) is 34.3 Å². The first kappa shape index (κ1) is 12.7. The Labute approximate surface area is 99.1 Å². The van der Waals surface area contributed by atoms with Crippen LogP contribution in [0, 0.1) is 0 Å². The molecule has 84 valence electrons. The maximum atomic E-state index is 11.5. The molecule has 0 fully saturated rings. The normalized spacial score (nSPS) is 12.0. The summed E-state index contributed by atoms with van der Waals surface area (Å²) in [5.74, 6) is 0. The minimum Gasteiger partial charge on any atom is -0.212 e. The smallest absolute Gasteiger partial charge is 0.212 e. The van der Waals surface area contributed by atoms with E-state index in [0.717, 1.165) is 10.0 Å². The van der Waals surface area contributed by atoms with Gasteiger partial charge in [-0.3, -0.25) is 0 Å². The van der Waals surface area contributed by atoms with Crippen LogP contribution in [0.25, 0.3) is 0 Å². The number of benzene rings is 1. The van der Waals surface area contributed by atoms with Crippen molar-refractivity contribution in [2.45, 2.75) is 25.6 Å². The van der Waals surface area contributed by atoms with Crippen LogP contribution in [0.2, 0.25) is 0 Å². The predicted octanol–water partition coefficient (Wildman–Crippen LogP) is 2.28. The summed E-state index contributed by atoms with van der Waals surface area (Å²) in [7, 11) is -3.18. The quantitative estimate of drug-likeness (QED) is 0.925. The summed E-state index contributed by atoms with van der Waals surface area (Å²) in [4.78, 5) is 0. The van der Waals surface area contributed by atoms with Gasteiger partial charge in [0.2, 0.25) is 10.0 Å². The van der Waals surface area contributed by atoms with Crippen molar-refractivity contribution in [1.82, 2.24) is 4.72 Å². The molecule has 0 aliphatic heterocycles. The fourth-order valence-corrected chi connectivity index (χ4v) is 2.10. The largest absolute Gasteiger partial charge is 0.214 e. The summed E-state index contributed by atoms with van der Waals surface area (Å²) in [6.45, 7) is 3.63. The predicted molar refractivity (Wildman–Crippen MR) is 65.0 cm³/mol. The second-order valence-corrected chi connectivity index (χ2v) is 6.68. The van der Waals surface area contributed by atoms with Crippen molar-refractivity contribution in [3.63, 3.8) is 0 Å². The molecule has 0 saturated heterocycles. The zero-order valence-corrected chi connectivity index (χ0v) is 11.1. The summed E-state index contributed by atoms with van der Waals surface area (Å²) >= 11 is 3.37. The molecule has 0 bridgehead atoms. The fraction of sp³-hybridized carbons (Fsp3) is 0.400. The van der Waals surface area contributed by atoms with E-state index in [1.54, 1.807) is 13.8 Å². The summed E-state index contributed by atoms with van der Waals surface area (Å²) in [5, 5.41) is -0.403. The monoisotopic (exact) mass is 291 g/mol. The van der Waals surface area contributed by atoms with E-state index >= 15 is 0 Å². The highest BCUT2D eigenvalue weighted by molar-refractivity contribution is 9.10. The van der Waals surface area contributed by atoms with E-state index in [9.17, 15) is 8.42 Å². The molecule has 1 rings (SSSR count). The average molecular weight is 292 g/mol. The number of rotatable bonds is 4. The first-order chi connectivity index (χ1) is 6.93. The number of halogens is 1. The first-order valence-corrected chi connectivity index (χ1v) is 6.99. The van der Waals surface area contributed by atoms with Crippen LogP contribution >= 0.6 is 15.9 Å². The van der Waals surface area contributed by atoms with E-state index in [-0.39, 0.29) is 0 Å². The molecule has 0 radical (unpaired) electrons. The molecule has 0 heterocycles. The van der Waals surface area contributed by atoms with Gasteiger partial charge in [0.05, 0.1) is 5.25 Å². The van der Waals surface area contributed by atoms with Crippen molar-refractivity contribution in [3.8, 4) is 0 Å². The summed E-state index contributed by atoms with van der Waals surface area (Å²) in [5.41, 5.74) is 0.932. The molecule has 1 N–H and O–H groups in total. The molecule has 0 aliphatic carbocycles. The lowest BCUT2D eigenvalue weighted by Gasteiger charge is -2.10. The number of sulfonamides is 1. The third-order valence-corrected chi connectivity index (χ3v) is 4.60. The Morgan fingerprint density at radius 2 is 1.93 bits per heavy atom. The lowest BCUT2D eigenvalue weighted by molar-refractivity contribution is 0.572. The van der Waals surface area contributed by atoms with Gasteiger partial charge in [-0.2, -0.15) is 0 Å². The maximum absolute atomic E-state index is 11.5. The Balaban J connectivity index is 2.70. The molecule has 0 aliphatic rings. The highest BCUT2D eigenvalue weighted by Gasteiger charge is 2.15. The van der Waals surface area contributed by atoms with Gasteiger partial charge >= 0.3 is 0 Å². The van der Waals surface area contributed by atoms with Crippen LogP contribution < -0.4 is 4.72 Å². The minimum atomic E-state index is -3.18. The van der Waals surface area contributed by atoms with E-state index in [1.807, 2.05) is 24.3 Å². The van der Waals surface area contributed by atoms with Gasteiger partial charge in [-0.25, -0.2) is 13.1 Å². The molecular formula is C10H14BrNO2S. The van der Waals surface area contributed by atoms with E-state index in [1.165, 1.54) is 0 Å². The van der Waals surface area contributed by atoms with Gasteiger partial charge < -0.3 is 0 Å². The van der Waals surface area contributed by atoms with Crippen molar-refractivity contribution in [1.29, 1.82) is 0 Å². The zero-order chi connectivity index (χ0) is 11.5. The molecule has 0 atom stereocenters. The van der Waals surface area contributed by atoms with E-state index < -0.39 is 15.3 Å². The Morgan fingerprint density at radius 3 is 2.47 bits per heavy atom. The van der Waals surface area contributed by atoms with Gasteiger partial charge in [0.25, 0.3) is 0 Å². The van der Waals surface area contributed by atoms with Gasteiger partial charge in [0, 0.05) is 11.0 Å². The number of nitrogens with one attached hydrogen (secondary N) is 1. The Kier molecular flexibility index (Phi) is 4.31. The topological polar surface area (TPSA) is 46.2 Å². The first-order valence-electron chi connectivity index (χ1n) is 4.65. The molecule has 0 aromatic heterocycles. The van der Waals surface area contributed by atoms with Crippen molar-refractivity contribution >= 4 is 26.0 Å². The molecule has 3 nitrogen and oxygen atoms in total. The summed E-state index contributed by atoms with van der Waals surface area (Å²) < 4.78 is 26.4. The molecule has 5 heteroatoms. The Bertz CT molecular complexity index is 429. The van der Waals surface area contributed by atoms with Gasteiger partial charge in [0.1, 0.15) is 0 Å². The molecule has 0 unspecified atom stereocenters. The van der Waals surface area contributed by atoms with Crippen LogP contribution in [-0.2, 0) is 16.6 Å². The standard InChI is InChI=1S/C10H14BrNO2S/c1-8(2)15(13,14)12-7-9-5-3-4-6-10(9)11/h3-6,8,12H,7H2,1-2H3. The van der Waals surface area contributed by atoms with Crippen LogP contribution in [0.15, 0.2) is 28.7 Å². The molecule has 1 aromatic carbocycles. The maximum Gasteiger partial charge on any atom is 0.214 e. The average Bonchev–Trinajstić information content (AvgIpc) is 2.16. The molecule has 15 heavy (non-hydrogen) atoms. The molecule has 0 amide bonds. The van der Waals surface area contributed by atoms with E-state index in [4.69, 9.17) is 0 Å².